The number of fused-ring (bicyclic) bond motifs is 3. The number of rotatable bonds is 11. The molecular weight excluding hydrogens is 608 g/mol. The Kier molecular flexibility index (Phi) is 9.81. The lowest BCUT2D eigenvalue weighted by atomic mass is 10.00. The van der Waals surface area contributed by atoms with Crippen LogP contribution >= 0.6 is 11.6 Å². The largest absolute Gasteiger partial charge is 0.492 e. The summed E-state index contributed by atoms with van der Waals surface area (Å²) < 4.78 is 8.03. The van der Waals surface area contributed by atoms with Crippen LogP contribution in [0.1, 0.15) is 58.1 Å². The van der Waals surface area contributed by atoms with Crippen LogP contribution in [0.5, 0.6) is 5.75 Å². The van der Waals surface area contributed by atoms with E-state index in [2.05, 4.69) is 20.8 Å². The van der Waals surface area contributed by atoms with E-state index in [4.69, 9.17) is 21.3 Å². The fraction of sp³-hybridized carbons (Fsp3) is 0.303. The van der Waals surface area contributed by atoms with Gasteiger partial charge in [-0.15, -0.1) is 10.2 Å². The van der Waals surface area contributed by atoms with Gasteiger partial charge in [0.25, 0.3) is 5.91 Å². The predicted molar refractivity (Wildman–Crippen MR) is 177 cm³/mol. The first kappa shape index (κ1) is 32.1. The van der Waals surface area contributed by atoms with Crippen LogP contribution < -0.4 is 15.4 Å². The molecule has 234 valence electrons. The number of hydrogen-bond donors (Lipinski definition) is 3. The Morgan fingerprint density at radius 2 is 1.82 bits per heavy atom. The first-order valence-corrected chi connectivity index (χ1v) is 18.4. The number of carbonyl (C=O) groups is 2. The lowest BCUT2D eigenvalue weighted by molar-refractivity contribution is -0.121. The molecule has 1 aliphatic heterocycles. The first-order chi connectivity index (χ1) is 21.5. The van der Waals surface area contributed by atoms with Crippen molar-refractivity contribution >= 4 is 37.4 Å². The van der Waals surface area contributed by atoms with Gasteiger partial charge < -0.3 is 20.2 Å². The molecule has 5 rings (SSSR count). The lowest BCUT2D eigenvalue weighted by Crippen LogP contribution is -2.30. The molecule has 10 nitrogen and oxygen atoms in total. The third-order valence-electron chi connectivity index (χ3n) is 7.25. The van der Waals surface area contributed by atoms with Crippen molar-refractivity contribution < 1.29 is 19.1 Å². The summed E-state index contributed by atoms with van der Waals surface area (Å²) in [6, 6.07) is 20.5. The van der Waals surface area contributed by atoms with E-state index in [1.165, 1.54) is 0 Å². The van der Waals surface area contributed by atoms with Crippen molar-refractivity contribution in [3.63, 3.8) is 0 Å². The number of nitrogens with zero attached hydrogens (tertiary/aromatic N) is 4. The fourth-order valence-corrected chi connectivity index (χ4v) is 6.69. The molecule has 0 fully saturated rings. The Bertz CT molecular complexity index is 1730. The second-order valence-corrected chi connectivity index (χ2v) is 16.0. The van der Waals surface area contributed by atoms with Crippen molar-refractivity contribution in [3.05, 3.63) is 106 Å². The summed E-state index contributed by atoms with van der Waals surface area (Å²) in [5, 5.41) is 15.1. The van der Waals surface area contributed by atoms with Gasteiger partial charge in [-0.2, -0.15) is 0 Å². The zero-order chi connectivity index (χ0) is 32.1. The number of amides is 2. The van der Waals surface area contributed by atoms with Gasteiger partial charge >= 0.3 is 0 Å². The third kappa shape index (κ3) is 7.86. The highest BCUT2D eigenvalue weighted by atomic mass is 35.5. The Hall–Kier alpha value is -4.32. The average Bonchev–Trinajstić information content (AvgIpc) is 3.32. The number of ether oxygens (including phenoxy) is 1. The smallest absolute Gasteiger partial charge is 0.251 e. The minimum atomic E-state index is -2.29. The van der Waals surface area contributed by atoms with Crippen LogP contribution in [0, 0.1) is 6.92 Å². The second kappa shape index (κ2) is 13.8. The van der Waals surface area contributed by atoms with E-state index in [-0.39, 0.29) is 24.8 Å². The first-order valence-electron chi connectivity index (χ1n) is 14.9. The van der Waals surface area contributed by atoms with E-state index < -0.39 is 14.4 Å². The molecule has 0 radical (unpaired) electrons. The molecule has 0 bridgehead atoms. The molecule has 4 aromatic rings. The Balaban J connectivity index is 1.38. The van der Waals surface area contributed by atoms with Crippen LogP contribution in [0.3, 0.4) is 0 Å². The highest BCUT2D eigenvalue weighted by Crippen LogP contribution is 2.34. The number of aryl methyl sites for hydroxylation is 1. The molecule has 0 saturated carbocycles. The van der Waals surface area contributed by atoms with E-state index in [0.29, 0.717) is 52.8 Å². The fourth-order valence-electron chi connectivity index (χ4n) is 5.34. The molecule has 0 aliphatic carbocycles. The molecule has 0 unspecified atom stereocenters. The highest BCUT2D eigenvalue weighted by Gasteiger charge is 2.30. The normalized spacial score (nSPS) is 14.1. The van der Waals surface area contributed by atoms with Gasteiger partial charge in [0.1, 0.15) is 24.2 Å². The molecule has 2 amide bonds. The van der Waals surface area contributed by atoms with E-state index in [0.717, 1.165) is 22.4 Å². The summed E-state index contributed by atoms with van der Waals surface area (Å²) in [4.78, 5) is 40.9. The van der Waals surface area contributed by atoms with Crippen molar-refractivity contribution in [3.8, 4) is 11.4 Å². The summed E-state index contributed by atoms with van der Waals surface area (Å²) in [5.41, 5.74) is 4.59. The molecule has 2 heterocycles. The molecule has 0 saturated heterocycles. The van der Waals surface area contributed by atoms with Gasteiger partial charge in [0, 0.05) is 28.3 Å². The van der Waals surface area contributed by atoms with Crippen LogP contribution in [0.25, 0.3) is 5.69 Å². The van der Waals surface area contributed by atoms with Gasteiger partial charge in [-0.25, -0.2) is 0 Å². The van der Waals surface area contributed by atoms with Crippen LogP contribution in [0.4, 0.5) is 0 Å². The number of hydrogen-bond acceptors (Lipinski definition) is 7. The number of carbonyl (C=O) groups excluding carboxylic acids is 2. The topological polar surface area (TPSA) is 131 Å². The van der Waals surface area contributed by atoms with Crippen molar-refractivity contribution in [2.24, 2.45) is 4.99 Å². The average molecular weight is 645 g/mol. The van der Waals surface area contributed by atoms with Crippen LogP contribution in [-0.2, 0) is 10.8 Å². The number of aliphatic imine (C=N–C) groups is 1. The zero-order valence-corrected chi connectivity index (χ0v) is 27.6. The van der Waals surface area contributed by atoms with Crippen molar-refractivity contribution in [1.29, 1.82) is 0 Å². The summed E-state index contributed by atoms with van der Waals surface area (Å²) >= 11 is 6.21. The molecule has 1 aromatic heterocycles. The predicted octanol–water partition coefficient (Wildman–Crippen LogP) is 4.74. The summed E-state index contributed by atoms with van der Waals surface area (Å²) in [6.07, 6.45) is 0.114. The van der Waals surface area contributed by atoms with Crippen LogP contribution in [0.15, 0.2) is 71.7 Å². The maximum absolute atomic E-state index is 12.8. The van der Waals surface area contributed by atoms with Gasteiger partial charge in [0.05, 0.1) is 24.4 Å². The molecule has 1 aliphatic rings. The minimum Gasteiger partial charge on any atom is -0.492 e. The molecule has 0 spiro atoms. The van der Waals surface area contributed by atoms with Gasteiger partial charge in [0.2, 0.25) is 5.91 Å². The Morgan fingerprint density at radius 3 is 2.56 bits per heavy atom. The molecule has 45 heavy (non-hydrogen) atoms. The van der Waals surface area contributed by atoms with E-state index in [1.807, 2.05) is 80.0 Å². The molecule has 3 aromatic carbocycles. The van der Waals surface area contributed by atoms with Gasteiger partial charge in [-0.1, -0.05) is 35.9 Å². The van der Waals surface area contributed by atoms with Gasteiger partial charge in [-0.3, -0.25) is 19.1 Å². The lowest BCUT2D eigenvalue weighted by Gasteiger charge is -2.15. The Labute approximate surface area is 268 Å². The minimum absolute atomic E-state index is 0.114. The van der Waals surface area contributed by atoms with Crippen LogP contribution in [0.2, 0.25) is 18.1 Å². The molecule has 1 atom stereocenters. The highest BCUT2D eigenvalue weighted by molar-refractivity contribution is 6.69. The number of aromatic nitrogens is 3. The van der Waals surface area contributed by atoms with E-state index in [9.17, 15) is 14.4 Å². The standard InChI is InChI=1S/C33H37ClN6O4Si/c1-5-35-30(41)19-28-32-39-38-21(2)40(32)29-14-13-26(18-27(29)31(37-28)23-9-11-25(34)12-10-23)44-16-15-36-33(42)24-8-6-7-22(17-24)20-45(3,4)43/h6-14,17-18,28,43H,5,15-16,19-20H2,1-4H3,(H,35,41)(H,36,42)/t28-/m0/s1. The monoisotopic (exact) mass is 644 g/mol. The maximum Gasteiger partial charge on any atom is 0.251 e. The van der Waals surface area contributed by atoms with E-state index in [1.54, 1.807) is 18.2 Å². The zero-order valence-electron chi connectivity index (χ0n) is 25.8. The quantitative estimate of drug-likeness (QED) is 0.160. The summed E-state index contributed by atoms with van der Waals surface area (Å²) in [7, 11) is -2.29. The van der Waals surface area contributed by atoms with Crippen LogP contribution in [-0.4, -0.2) is 65.1 Å². The third-order valence-corrected chi connectivity index (χ3v) is 8.77. The van der Waals surface area contributed by atoms with E-state index >= 15 is 0 Å². The molecule has 3 N–H and O–H groups in total. The van der Waals surface area contributed by atoms with Crippen molar-refractivity contribution in [2.45, 2.75) is 45.4 Å². The second-order valence-electron chi connectivity index (χ2n) is 11.6. The summed E-state index contributed by atoms with van der Waals surface area (Å²) in [6.45, 7) is 8.55. The number of benzene rings is 3. The van der Waals surface area contributed by atoms with Crippen molar-refractivity contribution in [2.75, 3.05) is 19.7 Å². The van der Waals surface area contributed by atoms with Gasteiger partial charge in [0.15, 0.2) is 14.1 Å². The van der Waals surface area contributed by atoms with Gasteiger partial charge in [-0.05, 0) is 81.0 Å². The van der Waals surface area contributed by atoms with Crippen molar-refractivity contribution in [1.82, 2.24) is 25.4 Å². The number of nitrogens with one attached hydrogen (secondary N) is 2. The molecular formula is C33H37ClN6O4Si. The number of halogens is 1. The SMILES string of the molecule is CCNC(=O)C[C@@H]1N=C(c2ccc(Cl)cc2)c2cc(OCCNC(=O)c3cccc(C[Si](C)(C)O)c3)ccc2-n2c(C)nnc21. The molecule has 12 heteroatoms. The Morgan fingerprint density at radius 1 is 1.04 bits per heavy atom. The maximum atomic E-state index is 12.8. The summed E-state index contributed by atoms with van der Waals surface area (Å²) in [5.74, 6) is 1.51.